The van der Waals surface area contributed by atoms with Crippen LogP contribution in [0, 0.1) is 0 Å². The molecule has 0 saturated heterocycles. The van der Waals surface area contributed by atoms with Gasteiger partial charge in [0.15, 0.2) is 11.6 Å². The molecule has 1 aromatic heterocycles. The molecule has 2 N–H and O–H groups in total. The number of anilines is 1. The van der Waals surface area contributed by atoms with Crippen molar-refractivity contribution in [1.29, 1.82) is 0 Å². The van der Waals surface area contributed by atoms with Gasteiger partial charge in [0.2, 0.25) is 0 Å². The third-order valence-electron chi connectivity index (χ3n) is 2.31. The fourth-order valence-corrected chi connectivity index (χ4v) is 1.68. The van der Waals surface area contributed by atoms with Gasteiger partial charge in [0.05, 0.1) is 4.47 Å². The minimum atomic E-state index is -0.676. The van der Waals surface area contributed by atoms with Gasteiger partial charge < -0.3 is 9.84 Å². The predicted molar refractivity (Wildman–Crippen MR) is 73.9 cm³/mol. The average molecular weight is 323 g/mol. The average Bonchev–Trinajstić information content (AvgIpc) is 2.43. The van der Waals surface area contributed by atoms with E-state index < -0.39 is 6.09 Å². The molecule has 0 bridgehead atoms. The standard InChI is InChI=1S/C13H11BrN2O3/c14-10-6-7-15-12(11(10)17)16-13(18)19-8-9-4-2-1-3-5-9/h1-7,17H,8H2,(H,15,16,18). The van der Waals surface area contributed by atoms with Crippen molar-refractivity contribution in [2.24, 2.45) is 0 Å². The number of pyridine rings is 1. The van der Waals surface area contributed by atoms with Gasteiger partial charge in [-0.25, -0.2) is 9.78 Å². The molecule has 0 fully saturated rings. The highest BCUT2D eigenvalue weighted by atomic mass is 79.9. The fraction of sp³-hybridized carbons (Fsp3) is 0.0769. The molecule has 1 aromatic carbocycles. The summed E-state index contributed by atoms with van der Waals surface area (Å²) in [6.07, 6.45) is 0.779. The summed E-state index contributed by atoms with van der Waals surface area (Å²) in [6.45, 7) is 0.154. The van der Waals surface area contributed by atoms with Gasteiger partial charge in [-0.3, -0.25) is 5.32 Å². The molecular weight excluding hydrogens is 312 g/mol. The van der Waals surface area contributed by atoms with Gasteiger partial charge in [-0.05, 0) is 27.6 Å². The molecule has 1 amide bonds. The molecule has 2 rings (SSSR count). The Morgan fingerprint density at radius 1 is 1.32 bits per heavy atom. The van der Waals surface area contributed by atoms with Crippen LogP contribution in [0.15, 0.2) is 47.1 Å². The first-order valence-corrected chi connectivity index (χ1v) is 6.27. The lowest BCUT2D eigenvalue weighted by molar-refractivity contribution is 0.155. The maximum absolute atomic E-state index is 11.5. The van der Waals surface area contributed by atoms with E-state index >= 15 is 0 Å². The molecule has 0 atom stereocenters. The summed E-state index contributed by atoms with van der Waals surface area (Å²) in [4.78, 5) is 15.4. The van der Waals surface area contributed by atoms with Crippen LogP contribution in [0.2, 0.25) is 0 Å². The second-order valence-electron chi connectivity index (χ2n) is 3.68. The van der Waals surface area contributed by atoms with Gasteiger partial charge in [-0.1, -0.05) is 30.3 Å². The second-order valence-corrected chi connectivity index (χ2v) is 4.53. The number of hydrogen-bond acceptors (Lipinski definition) is 4. The number of nitrogens with zero attached hydrogens (tertiary/aromatic N) is 1. The lowest BCUT2D eigenvalue weighted by Crippen LogP contribution is -2.14. The van der Waals surface area contributed by atoms with Crippen LogP contribution >= 0.6 is 15.9 Å². The largest absolute Gasteiger partial charge is 0.503 e. The van der Waals surface area contributed by atoms with Crippen LogP contribution in [-0.2, 0) is 11.3 Å². The highest BCUT2D eigenvalue weighted by Crippen LogP contribution is 2.29. The van der Waals surface area contributed by atoms with Crippen molar-refractivity contribution in [3.05, 3.63) is 52.6 Å². The van der Waals surface area contributed by atoms with Gasteiger partial charge in [-0.2, -0.15) is 0 Å². The van der Waals surface area contributed by atoms with Crippen LogP contribution in [0.25, 0.3) is 0 Å². The predicted octanol–water partition coefficient (Wildman–Crippen LogP) is 3.30. The van der Waals surface area contributed by atoms with E-state index in [-0.39, 0.29) is 18.2 Å². The normalized spacial score (nSPS) is 9.95. The Morgan fingerprint density at radius 2 is 2.05 bits per heavy atom. The number of benzene rings is 1. The quantitative estimate of drug-likeness (QED) is 0.909. The number of aromatic nitrogens is 1. The number of halogens is 1. The van der Waals surface area contributed by atoms with Crippen molar-refractivity contribution >= 4 is 27.8 Å². The first kappa shape index (κ1) is 13.4. The van der Waals surface area contributed by atoms with Crippen molar-refractivity contribution in [2.75, 3.05) is 5.32 Å². The zero-order valence-corrected chi connectivity index (χ0v) is 11.4. The first-order valence-electron chi connectivity index (χ1n) is 5.48. The number of rotatable bonds is 3. The van der Waals surface area contributed by atoms with Gasteiger partial charge in [0.1, 0.15) is 6.61 Å². The molecule has 0 unspecified atom stereocenters. The van der Waals surface area contributed by atoms with E-state index in [4.69, 9.17) is 4.74 Å². The first-order chi connectivity index (χ1) is 9.16. The smallest absolute Gasteiger partial charge is 0.413 e. The monoisotopic (exact) mass is 322 g/mol. The van der Waals surface area contributed by atoms with Crippen LogP contribution in [0.4, 0.5) is 10.6 Å². The molecule has 0 spiro atoms. The maximum atomic E-state index is 11.5. The molecular formula is C13H11BrN2O3. The summed E-state index contributed by atoms with van der Waals surface area (Å²) in [7, 11) is 0. The molecule has 98 valence electrons. The maximum Gasteiger partial charge on any atom is 0.413 e. The number of ether oxygens (including phenoxy) is 1. The Bertz CT molecular complexity index is 575. The Morgan fingerprint density at radius 3 is 2.79 bits per heavy atom. The number of nitrogens with one attached hydrogen (secondary N) is 1. The third kappa shape index (κ3) is 3.69. The number of carbonyl (C=O) groups is 1. The van der Waals surface area contributed by atoms with Crippen LogP contribution in [0.1, 0.15) is 5.56 Å². The molecule has 2 aromatic rings. The molecule has 0 saturated carbocycles. The van der Waals surface area contributed by atoms with E-state index in [1.54, 1.807) is 6.07 Å². The van der Waals surface area contributed by atoms with Crippen molar-refractivity contribution < 1.29 is 14.6 Å². The molecule has 0 aliphatic carbocycles. The summed E-state index contributed by atoms with van der Waals surface area (Å²) < 4.78 is 5.46. The molecule has 5 nitrogen and oxygen atoms in total. The van der Waals surface area contributed by atoms with Gasteiger partial charge in [0, 0.05) is 6.20 Å². The lowest BCUT2D eigenvalue weighted by atomic mass is 10.2. The second kappa shape index (κ2) is 6.19. The van der Waals surface area contributed by atoms with Crippen molar-refractivity contribution in [3.8, 4) is 5.75 Å². The van der Waals surface area contributed by atoms with Crippen molar-refractivity contribution in [1.82, 2.24) is 4.98 Å². The highest BCUT2D eigenvalue weighted by Gasteiger charge is 2.10. The molecule has 6 heteroatoms. The Labute approximate surface area is 118 Å². The Hall–Kier alpha value is -2.08. The van der Waals surface area contributed by atoms with Crippen LogP contribution in [0.5, 0.6) is 5.75 Å². The molecule has 0 radical (unpaired) electrons. The summed E-state index contributed by atoms with van der Waals surface area (Å²) >= 11 is 3.13. The number of carbonyl (C=O) groups excluding carboxylic acids is 1. The topological polar surface area (TPSA) is 71.5 Å². The Kier molecular flexibility index (Phi) is 4.35. The van der Waals surface area contributed by atoms with E-state index in [1.807, 2.05) is 30.3 Å². The van der Waals surface area contributed by atoms with E-state index in [1.165, 1.54) is 6.20 Å². The van der Waals surface area contributed by atoms with E-state index in [9.17, 15) is 9.90 Å². The highest BCUT2D eigenvalue weighted by molar-refractivity contribution is 9.10. The molecule has 1 heterocycles. The minimum Gasteiger partial charge on any atom is -0.503 e. The summed E-state index contributed by atoms with van der Waals surface area (Å²) in [5, 5.41) is 12.0. The van der Waals surface area contributed by atoms with Crippen molar-refractivity contribution in [3.63, 3.8) is 0 Å². The zero-order valence-electron chi connectivity index (χ0n) is 9.84. The van der Waals surface area contributed by atoms with Gasteiger partial charge in [0.25, 0.3) is 0 Å². The summed E-state index contributed by atoms with van der Waals surface area (Å²) in [5.74, 6) is -0.0911. The molecule has 19 heavy (non-hydrogen) atoms. The molecule has 0 aliphatic rings. The van der Waals surface area contributed by atoms with Crippen molar-refractivity contribution in [2.45, 2.75) is 6.61 Å². The van der Waals surface area contributed by atoms with Crippen LogP contribution in [-0.4, -0.2) is 16.2 Å². The Balaban J connectivity index is 1.93. The zero-order chi connectivity index (χ0) is 13.7. The van der Waals surface area contributed by atoms with Gasteiger partial charge >= 0.3 is 6.09 Å². The van der Waals surface area contributed by atoms with Crippen LogP contribution in [0.3, 0.4) is 0 Å². The van der Waals surface area contributed by atoms with Crippen LogP contribution < -0.4 is 5.32 Å². The number of amides is 1. The SMILES string of the molecule is O=C(Nc1nccc(Br)c1O)OCc1ccccc1. The van der Waals surface area contributed by atoms with E-state index in [2.05, 4.69) is 26.2 Å². The van der Waals surface area contributed by atoms with E-state index in [0.717, 1.165) is 5.56 Å². The number of hydrogen-bond donors (Lipinski definition) is 2. The lowest BCUT2D eigenvalue weighted by Gasteiger charge is -2.08. The van der Waals surface area contributed by atoms with E-state index in [0.29, 0.717) is 4.47 Å². The summed E-state index contributed by atoms with van der Waals surface area (Å²) in [5.41, 5.74) is 0.879. The summed E-state index contributed by atoms with van der Waals surface area (Å²) in [6, 6.07) is 10.9. The molecule has 0 aliphatic heterocycles. The minimum absolute atomic E-state index is 0.0486. The number of aromatic hydroxyl groups is 1. The van der Waals surface area contributed by atoms with Gasteiger partial charge in [-0.15, -0.1) is 0 Å². The fourth-order valence-electron chi connectivity index (χ4n) is 1.38. The third-order valence-corrected chi connectivity index (χ3v) is 2.95.